The molecule has 10 nitrogen and oxygen atoms in total. The van der Waals surface area contributed by atoms with Crippen molar-refractivity contribution in [2.24, 2.45) is 5.92 Å². The molecule has 3 aromatic rings. The predicted molar refractivity (Wildman–Crippen MR) is 182 cm³/mol. The molecule has 0 aromatic heterocycles. The molecule has 1 aliphatic heterocycles. The quantitative estimate of drug-likeness (QED) is 0.332. The number of hydrogen-bond acceptors (Lipinski definition) is 7. The third-order valence-corrected chi connectivity index (χ3v) is 10.3. The van der Waals surface area contributed by atoms with E-state index in [2.05, 4.69) is 5.32 Å². The predicted octanol–water partition coefficient (Wildman–Crippen LogP) is 5.36. The molecule has 2 N–H and O–H groups in total. The maximum absolute atomic E-state index is 14.3. The summed E-state index contributed by atoms with van der Waals surface area (Å²) in [6, 6.07) is 20.0. The lowest BCUT2D eigenvalue weighted by Crippen LogP contribution is -2.48. The van der Waals surface area contributed by atoms with Gasteiger partial charge in [0.15, 0.2) is 0 Å². The summed E-state index contributed by atoms with van der Waals surface area (Å²) in [4.78, 5) is 29.0. The van der Waals surface area contributed by atoms with Crippen molar-refractivity contribution in [3.05, 3.63) is 89.5 Å². The van der Waals surface area contributed by atoms with E-state index in [0.29, 0.717) is 30.0 Å². The topological polar surface area (TPSA) is 125 Å². The smallest absolute Gasteiger partial charge is 0.258 e. The van der Waals surface area contributed by atoms with Crippen LogP contribution in [0.2, 0.25) is 0 Å². The van der Waals surface area contributed by atoms with Gasteiger partial charge in [-0.1, -0.05) is 42.8 Å². The first kappa shape index (κ1) is 36.1. The molecule has 1 aliphatic rings. The Bertz CT molecular complexity index is 1600. The van der Waals surface area contributed by atoms with Crippen LogP contribution in [-0.2, 0) is 14.8 Å². The fourth-order valence-electron chi connectivity index (χ4n) is 5.50. The summed E-state index contributed by atoms with van der Waals surface area (Å²) in [5.74, 6) is -0.618. The fourth-order valence-corrected chi connectivity index (χ4v) is 6.68. The molecule has 0 radical (unpaired) electrons. The SMILES string of the molecule is Cc1ccc(S(=O)(=O)N(C)C[C@H]2OCCCC[C@H](C)Oc3ccc(NC(=O)c4ccccc4)cc3C(=O)N([C@@H](C)CO)C[C@@H]2C)cc1. The average molecular weight is 666 g/mol. The van der Waals surface area contributed by atoms with E-state index in [9.17, 15) is 23.1 Å². The first-order valence-corrected chi connectivity index (χ1v) is 17.6. The van der Waals surface area contributed by atoms with Crippen molar-refractivity contribution in [2.45, 2.75) is 70.1 Å². The van der Waals surface area contributed by atoms with Gasteiger partial charge in [0, 0.05) is 43.9 Å². The number of hydrogen-bond donors (Lipinski definition) is 2. The molecule has 0 fully saturated rings. The van der Waals surface area contributed by atoms with Gasteiger partial charge in [0.2, 0.25) is 10.0 Å². The summed E-state index contributed by atoms with van der Waals surface area (Å²) in [5, 5.41) is 13.1. The van der Waals surface area contributed by atoms with Gasteiger partial charge in [-0.15, -0.1) is 0 Å². The molecule has 0 spiro atoms. The number of likely N-dealkylation sites (N-methyl/N-ethyl adjacent to an activating group) is 1. The van der Waals surface area contributed by atoms with Gasteiger partial charge in [-0.25, -0.2) is 8.42 Å². The number of anilines is 1. The lowest BCUT2D eigenvalue weighted by Gasteiger charge is -2.35. The molecular weight excluding hydrogens is 618 g/mol. The van der Waals surface area contributed by atoms with Crippen LogP contribution in [0, 0.1) is 12.8 Å². The molecule has 0 aliphatic carbocycles. The highest BCUT2D eigenvalue weighted by Crippen LogP contribution is 2.29. The van der Waals surface area contributed by atoms with Gasteiger partial charge < -0.3 is 24.8 Å². The van der Waals surface area contributed by atoms with E-state index >= 15 is 0 Å². The molecule has 0 saturated heterocycles. The average Bonchev–Trinajstić information content (AvgIpc) is 3.06. The fraction of sp³-hybridized carbons (Fsp3) is 0.444. The van der Waals surface area contributed by atoms with Gasteiger partial charge in [-0.2, -0.15) is 4.31 Å². The molecule has 4 rings (SSSR count). The van der Waals surface area contributed by atoms with Gasteiger partial charge in [0.1, 0.15) is 5.75 Å². The summed E-state index contributed by atoms with van der Waals surface area (Å²) in [7, 11) is -2.25. The molecule has 2 amide bonds. The van der Waals surface area contributed by atoms with E-state index in [1.807, 2.05) is 26.8 Å². The highest BCUT2D eigenvalue weighted by Gasteiger charge is 2.32. The monoisotopic (exact) mass is 665 g/mol. The van der Waals surface area contributed by atoms with E-state index in [-0.39, 0.29) is 54.0 Å². The Morgan fingerprint density at radius 2 is 1.77 bits per heavy atom. The normalized spacial score (nSPS) is 20.5. The Balaban J connectivity index is 1.65. The maximum atomic E-state index is 14.3. The van der Waals surface area contributed by atoms with Gasteiger partial charge >= 0.3 is 0 Å². The molecule has 47 heavy (non-hydrogen) atoms. The van der Waals surface area contributed by atoms with Crippen LogP contribution in [0.5, 0.6) is 5.75 Å². The molecule has 0 saturated carbocycles. The number of benzene rings is 3. The van der Waals surface area contributed by atoms with Crippen LogP contribution in [0.15, 0.2) is 77.7 Å². The van der Waals surface area contributed by atoms with Crippen LogP contribution >= 0.6 is 0 Å². The van der Waals surface area contributed by atoms with E-state index in [4.69, 9.17) is 9.47 Å². The van der Waals surface area contributed by atoms with Gasteiger partial charge in [-0.05, 0) is 82.5 Å². The number of aliphatic hydroxyl groups excluding tert-OH is 1. The van der Waals surface area contributed by atoms with Crippen molar-refractivity contribution in [3.8, 4) is 5.75 Å². The third-order valence-electron chi connectivity index (χ3n) is 8.51. The number of ether oxygens (including phenoxy) is 2. The number of nitrogens with zero attached hydrogens (tertiary/aromatic N) is 2. The molecule has 11 heteroatoms. The minimum absolute atomic E-state index is 0.0820. The third kappa shape index (κ3) is 9.41. The Kier molecular flexibility index (Phi) is 12.6. The zero-order chi connectivity index (χ0) is 34.1. The minimum Gasteiger partial charge on any atom is -0.490 e. The second-order valence-corrected chi connectivity index (χ2v) is 14.5. The highest BCUT2D eigenvalue weighted by molar-refractivity contribution is 7.89. The summed E-state index contributed by atoms with van der Waals surface area (Å²) < 4.78 is 40.8. The number of aliphatic hydroxyl groups is 1. The van der Waals surface area contributed by atoms with Crippen LogP contribution in [0.4, 0.5) is 5.69 Å². The summed E-state index contributed by atoms with van der Waals surface area (Å²) in [6.07, 6.45) is 1.52. The van der Waals surface area contributed by atoms with Gasteiger partial charge in [0.25, 0.3) is 11.8 Å². The van der Waals surface area contributed by atoms with E-state index in [0.717, 1.165) is 18.4 Å². The zero-order valence-corrected chi connectivity index (χ0v) is 28.7. The Morgan fingerprint density at radius 3 is 2.45 bits per heavy atom. The largest absolute Gasteiger partial charge is 0.490 e. The lowest BCUT2D eigenvalue weighted by atomic mass is 10.0. The molecule has 0 bridgehead atoms. The summed E-state index contributed by atoms with van der Waals surface area (Å²) >= 11 is 0. The number of rotatable bonds is 8. The van der Waals surface area contributed by atoms with Crippen LogP contribution in [0.3, 0.4) is 0 Å². The Hall–Kier alpha value is -3.77. The molecule has 0 unspecified atom stereocenters. The van der Waals surface area contributed by atoms with E-state index in [1.165, 1.54) is 11.4 Å². The molecule has 254 valence electrons. The van der Waals surface area contributed by atoms with Gasteiger partial charge in [0.05, 0.1) is 35.3 Å². The number of aryl methyl sites for hydroxylation is 1. The Labute approximate surface area is 278 Å². The molecule has 4 atom stereocenters. The first-order valence-electron chi connectivity index (χ1n) is 16.1. The highest BCUT2D eigenvalue weighted by atomic mass is 32.2. The van der Waals surface area contributed by atoms with E-state index in [1.54, 1.807) is 78.6 Å². The second kappa shape index (κ2) is 16.4. The maximum Gasteiger partial charge on any atom is 0.258 e. The van der Waals surface area contributed by atoms with E-state index < -0.39 is 22.2 Å². The number of nitrogens with one attached hydrogen (secondary N) is 1. The minimum atomic E-state index is -3.79. The summed E-state index contributed by atoms with van der Waals surface area (Å²) in [5.41, 5.74) is 2.12. The van der Waals surface area contributed by atoms with Crippen LogP contribution in [-0.4, -0.2) is 86.1 Å². The summed E-state index contributed by atoms with van der Waals surface area (Å²) in [6.45, 7) is 7.91. The van der Waals surface area contributed by atoms with Crippen molar-refractivity contribution in [2.75, 3.05) is 38.7 Å². The van der Waals surface area contributed by atoms with Crippen molar-refractivity contribution in [1.82, 2.24) is 9.21 Å². The van der Waals surface area contributed by atoms with Crippen molar-refractivity contribution in [1.29, 1.82) is 0 Å². The Morgan fingerprint density at radius 1 is 1.06 bits per heavy atom. The van der Waals surface area contributed by atoms with Crippen LogP contribution in [0.1, 0.15) is 66.3 Å². The van der Waals surface area contributed by atoms with Gasteiger partial charge in [-0.3, -0.25) is 9.59 Å². The molecule has 1 heterocycles. The number of fused-ring (bicyclic) bond motifs is 1. The van der Waals surface area contributed by atoms with Crippen LogP contribution in [0.25, 0.3) is 0 Å². The van der Waals surface area contributed by atoms with Crippen molar-refractivity contribution >= 4 is 27.5 Å². The second-order valence-electron chi connectivity index (χ2n) is 12.4. The zero-order valence-electron chi connectivity index (χ0n) is 27.9. The molecule has 3 aromatic carbocycles. The number of carbonyl (C=O) groups excluding carboxylic acids is 2. The standard InChI is InChI=1S/C36H47N3O7S/c1-25-14-17-31(18-15-25)47(43,44)38(5)23-34-26(2)22-39(27(3)24-40)36(42)32-21-30(37-35(41)29-12-7-6-8-13-29)16-19-33(32)46-28(4)11-9-10-20-45-34/h6-8,12-19,21,26-28,34,40H,9-11,20,22-24H2,1-5H3,(H,37,41)/t26-,27-,28-,34+/m0/s1. The number of carbonyl (C=O) groups is 2. The number of amides is 2. The first-order chi connectivity index (χ1) is 22.4. The molecular formula is C36H47N3O7S. The lowest BCUT2D eigenvalue weighted by molar-refractivity contribution is -0.00834. The van der Waals surface area contributed by atoms with Crippen molar-refractivity contribution in [3.63, 3.8) is 0 Å². The number of sulfonamides is 1. The van der Waals surface area contributed by atoms with Crippen LogP contribution < -0.4 is 10.1 Å². The van der Waals surface area contributed by atoms with Crippen molar-refractivity contribution < 1.29 is 32.6 Å².